The number of nitrogens with one attached hydrogen (secondary N) is 4. The van der Waals surface area contributed by atoms with Crippen molar-refractivity contribution in [3.05, 3.63) is 12.7 Å². The Bertz CT molecular complexity index is 776. The Morgan fingerprint density at radius 3 is 3.08 bits per heavy atom. The maximum Gasteiger partial charge on any atom is 0.237 e. The van der Waals surface area contributed by atoms with Crippen molar-refractivity contribution in [1.82, 2.24) is 30.6 Å². The van der Waals surface area contributed by atoms with Gasteiger partial charge in [-0.15, -0.1) is 0 Å². The second kappa shape index (κ2) is 7.14. The van der Waals surface area contributed by atoms with Gasteiger partial charge in [0.05, 0.1) is 24.5 Å². The number of carbonyl (C=O) groups is 1. The zero-order valence-electron chi connectivity index (χ0n) is 14.5. The molecule has 0 aromatic carbocycles. The van der Waals surface area contributed by atoms with Crippen LogP contribution in [-0.2, 0) is 9.53 Å². The van der Waals surface area contributed by atoms with E-state index < -0.39 is 12.3 Å². The minimum absolute atomic E-state index is 0.0310. The normalized spacial score (nSPS) is 31.8. The van der Waals surface area contributed by atoms with Crippen LogP contribution < -0.4 is 16.0 Å². The van der Waals surface area contributed by atoms with Crippen LogP contribution in [0, 0.1) is 0 Å². The van der Waals surface area contributed by atoms with Gasteiger partial charge in [-0.25, -0.2) is 15.0 Å². The van der Waals surface area contributed by atoms with E-state index in [-0.39, 0.29) is 24.1 Å². The van der Waals surface area contributed by atoms with Gasteiger partial charge in [-0.2, -0.15) is 0 Å². The lowest BCUT2D eigenvalue weighted by Crippen LogP contribution is -2.57. The highest BCUT2D eigenvalue weighted by atomic mass is 16.5. The lowest BCUT2D eigenvalue weighted by atomic mass is 9.99. The molecule has 2 aliphatic heterocycles. The Labute approximate surface area is 150 Å². The molecule has 2 saturated heterocycles. The Morgan fingerprint density at radius 2 is 2.27 bits per heavy atom. The van der Waals surface area contributed by atoms with E-state index in [1.165, 1.54) is 12.7 Å². The van der Waals surface area contributed by atoms with Gasteiger partial charge in [-0.3, -0.25) is 4.79 Å². The van der Waals surface area contributed by atoms with Crippen molar-refractivity contribution in [2.45, 2.75) is 56.7 Å². The van der Waals surface area contributed by atoms with Crippen molar-refractivity contribution in [1.29, 1.82) is 0 Å². The summed E-state index contributed by atoms with van der Waals surface area (Å²) in [5.74, 6) is 0.484. The lowest BCUT2D eigenvalue weighted by molar-refractivity contribution is -0.134. The van der Waals surface area contributed by atoms with Gasteiger partial charge in [0.2, 0.25) is 5.91 Å². The van der Waals surface area contributed by atoms with Gasteiger partial charge in [-0.1, -0.05) is 0 Å². The van der Waals surface area contributed by atoms with Crippen LogP contribution in [0.5, 0.6) is 0 Å². The Kier molecular flexibility index (Phi) is 4.70. The summed E-state index contributed by atoms with van der Waals surface area (Å²) >= 11 is 0. The van der Waals surface area contributed by atoms with E-state index in [1.54, 1.807) is 0 Å². The average molecular weight is 361 g/mol. The third-order valence-electron chi connectivity index (χ3n) is 4.98. The Hall–Kier alpha value is -2.30. The molecule has 2 aromatic rings. The molecule has 10 heteroatoms. The van der Waals surface area contributed by atoms with Crippen LogP contribution in [0.25, 0.3) is 11.2 Å². The van der Waals surface area contributed by atoms with E-state index in [9.17, 15) is 9.90 Å². The van der Waals surface area contributed by atoms with Crippen molar-refractivity contribution in [2.75, 3.05) is 11.9 Å². The molecule has 0 saturated carbocycles. The highest BCUT2D eigenvalue weighted by molar-refractivity contribution is 5.82. The Morgan fingerprint density at radius 1 is 1.38 bits per heavy atom. The fourth-order valence-corrected chi connectivity index (χ4v) is 3.50. The van der Waals surface area contributed by atoms with Crippen LogP contribution in [0.15, 0.2) is 12.7 Å². The minimum atomic E-state index is -0.791. The number of H-pyrrole nitrogens is 1. The summed E-state index contributed by atoms with van der Waals surface area (Å²) in [6.07, 6.45) is 3.51. The number of aliphatic hydroxyl groups is 1. The molecular formula is C16H23N7O3. The quantitative estimate of drug-likeness (QED) is 0.491. The van der Waals surface area contributed by atoms with Crippen LogP contribution >= 0.6 is 0 Å². The maximum absolute atomic E-state index is 12.3. The fraction of sp³-hybridized carbons (Fsp3) is 0.625. The number of rotatable bonds is 4. The third-order valence-corrected chi connectivity index (χ3v) is 4.98. The van der Waals surface area contributed by atoms with Gasteiger partial charge in [0.25, 0.3) is 0 Å². The summed E-state index contributed by atoms with van der Waals surface area (Å²) in [5.41, 5.74) is 1.19. The molecule has 2 aromatic heterocycles. The summed E-state index contributed by atoms with van der Waals surface area (Å²) in [7, 11) is 0. The zero-order valence-corrected chi connectivity index (χ0v) is 14.5. The molecule has 26 heavy (non-hydrogen) atoms. The van der Waals surface area contributed by atoms with Crippen LogP contribution in [0.2, 0.25) is 0 Å². The number of aliphatic hydroxyl groups excluding tert-OH is 1. The molecule has 10 nitrogen and oxygen atoms in total. The molecule has 2 aliphatic rings. The fourth-order valence-electron chi connectivity index (χ4n) is 3.50. The number of hydrogen-bond acceptors (Lipinski definition) is 8. The van der Waals surface area contributed by atoms with Gasteiger partial charge < -0.3 is 30.8 Å². The van der Waals surface area contributed by atoms with E-state index in [1.807, 2.05) is 6.92 Å². The number of aromatic nitrogens is 4. The standard InChI is InChI=1S/C16H23N7O3/c1-8-10(22-15(25)9-3-2-4-17-9)5-11(24)16(26-8)23-14-12-13(19-6-18-12)20-7-21-14/h6-11,16-17,24H,2-5H2,1H3,(H,22,25)(H2,18,19,20,21,23)/t8-,9+,10+,11-,16-/m0/s1. The first-order valence-electron chi connectivity index (χ1n) is 8.89. The van der Waals surface area contributed by atoms with Gasteiger partial charge in [0, 0.05) is 6.42 Å². The first kappa shape index (κ1) is 17.1. The summed E-state index contributed by atoms with van der Waals surface area (Å²) < 4.78 is 5.91. The van der Waals surface area contributed by atoms with Crippen molar-refractivity contribution >= 4 is 22.9 Å². The predicted octanol–water partition coefficient (Wildman–Crippen LogP) is -0.503. The smallest absolute Gasteiger partial charge is 0.237 e. The number of ether oxygens (including phenoxy) is 1. The Balaban J connectivity index is 1.40. The summed E-state index contributed by atoms with van der Waals surface area (Å²) in [5, 5.41) is 19.8. The van der Waals surface area contributed by atoms with E-state index in [4.69, 9.17) is 4.74 Å². The SMILES string of the molecule is C[C@@H]1O[C@H](Nc2ncnc3nc[nH]c23)[C@@H](O)C[C@H]1NC(=O)[C@H]1CCCN1. The summed E-state index contributed by atoms with van der Waals surface area (Å²) in [4.78, 5) is 27.6. The largest absolute Gasteiger partial charge is 0.388 e. The average Bonchev–Trinajstić information content (AvgIpc) is 3.31. The molecule has 0 bridgehead atoms. The molecule has 0 spiro atoms. The molecule has 5 N–H and O–H groups in total. The lowest BCUT2D eigenvalue weighted by Gasteiger charge is -2.39. The van der Waals surface area contributed by atoms with E-state index in [0.29, 0.717) is 23.4 Å². The van der Waals surface area contributed by atoms with Gasteiger partial charge in [-0.05, 0) is 26.3 Å². The number of hydrogen-bond donors (Lipinski definition) is 5. The van der Waals surface area contributed by atoms with Crippen molar-refractivity contribution in [2.24, 2.45) is 0 Å². The number of fused-ring (bicyclic) bond motifs is 1. The number of imidazole rings is 1. The third kappa shape index (κ3) is 3.35. The highest BCUT2D eigenvalue weighted by Crippen LogP contribution is 2.24. The van der Waals surface area contributed by atoms with Gasteiger partial charge in [0.1, 0.15) is 17.9 Å². The first-order valence-corrected chi connectivity index (χ1v) is 8.89. The number of anilines is 1. The number of amides is 1. The van der Waals surface area contributed by atoms with Crippen molar-refractivity contribution in [3.63, 3.8) is 0 Å². The molecule has 1 amide bonds. The van der Waals surface area contributed by atoms with Crippen molar-refractivity contribution in [3.8, 4) is 0 Å². The first-order chi connectivity index (χ1) is 12.6. The maximum atomic E-state index is 12.3. The number of aromatic amines is 1. The zero-order chi connectivity index (χ0) is 18.1. The highest BCUT2D eigenvalue weighted by Gasteiger charge is 2.37. The number of carbonyl (C=O) groups excluding carboxylic acids is 1. The molecule has 2 fully saturated rings. The second-order valence-corrected chi connectivity index (χ2v) is 6.80. The van der Waals surface area contributed by atoms with E-state index in [2.05, 4.69) is 35.9 Å². The van der Waals surface area contributed by atoms with Gasteiger partial charge in [0.15, 0.2) is 17.7 Å². The molecule has 4 rings (SSSR count). The second-order valence-electron chi connectivity index (χ2n) is 6.80. The van der Waals surface area contributed by atoms with Gasteiger partial charge >= 0.3 is 0 Å². The molecule has 140 valence electrons. The topological polar surface area (TPSA) is 137 Å². The molecular weight excluding hydrogens is 338 g/mol. The minimum Gasteiger partial charge on any atom is -0.388 e. The molecule has 4 heterocycles. The van der Waals surface area contributed by atoms with E-state index in [0.717, 1.165) is 19.4 Å². The van der Waals surface area contributed by atoms with E-state index >= 15 is 0 Å². The number of nitrogens with zero attached hydrogens (tertiary/aromatic N) is 3. The summed E-state index contributed by atoms with van der Waals surface area (Å²) in [6, 6.07) is -0.389. The molecule has 0 aliphatic carbocycles. The van der Waals surface area contributed by atoms with Crippen LogP contribution in [0.3, 0.4) is 0 Å². The molecule has 0 unspecified atom stereocenters. The monoisotopic (exact) mass is 361 g/mol. The van der Waals surface area contributed by atoms with Crippen LogP contribution in [0.1, 0.15) is 26.2 Å². The molecule has 5 atom stereocenters. The molecule has 0 radical (unpaired) electrons. The predicted molar refractivity (Wildman–Crippen MR) is 93.2 cm³/mol. The summed E-state index contributed by atoms with van der Waals surface area (Å²) in [6.45, 7) is 2.75. The van der Waals surface area contributed by atoms with Crippen LogP contribution in [0.4, 0.5) is 5.82 Å². The van der Waals surface area contributed by atoms with Crippen molar-refractivity contribution < 1.29 is 14.6 Å². The van der Waals surface area contributed by atoms with Crippen LogP contribution in [-0.4, -0.2) is 68.0 Å².